The van der Waals surface area contributed by atoms with Gasteiger partial charge in [-0.2, -0.15) is 10.2 Å². The molecule has 0 atom stereocenters. The third kappa shape index (κ3) is 2.49. The van der Waals surface area contributed by atoms with Crippen LogP contribution in [0.3, 0.4) is 0 Å². The molecule has 84 valence electrons. The number of hydrogen-bond donors (Lipinski definition) is 0. The van der Waals surface area contributed by atoms with Crippen molar-refractivity contribution < 1.29 is 0 Å². The lowest BCUT2D eigenvalue weighted by Gasteiger charge is -2.01. The van der Waals surface area contributed by atoms with Gasteiger partial charge in [0.1, 0.15) is 0 Å². The van der Waals surface area contributed by atoms with Crippen molar-refractivity contribution in [1.29, 1.82) is 0 Å². The molecule has 0 saturated heterocycles. The first-order chi connectivity index (χ1) is 7.69. The highest BCUT2D eigenvalue weighted by Crippen LogP contribution is 2.00. The van der Waals surface area contributed by atoms with Gasteiger partial charge in [-0.15, -0.1) is 0 Å². The van der Waals surface area contributed by atoms with Crippen LogP contribution in [-0.4, -0.2) is 19.6 Å². The first-order valence-electron chi connectivity index (χ1n) is 4.93. The number of halogens is 1. The lowest BCUT2D eigenvalue weighted by molar-refractivity contribution is 0.632. The van der Waals surface area contributed by atoms with Gasteiger partial charge in [-0.3, -0.25) is 9.48 Å². The highest BCUT2D eigenvalue weighted by molar-refractivity contribution is 14.1. The molecule has 16 heavy (non-hydrogen) atoms. The second-order valence-electron chi connectivity index (χ2n) is 3.37. The molecule has 0 aromatic carbocycles. The molecule has 0 unspecified atom stereocenters. The van der Waals surface area contributed by atoms with E-state index in [0.29, 0.717) is 6.54 Å². The zero-order valence-corrected chi connectivity index (χ0v) is 11.0. The Morgan fingerprint density at radius 3 is 2.81 bits per heavy atom. The van der Waals surface area contributed by atoms with Crippen LogP contribution in [0.4, 0.5) is 0 Å². The second-order valence-corrected chi connectivity index (χ2v) is 4.62. The average molecular weight is 330 g/mol. The van der Waals surface area contributed by atoms with E-state index in [1.165, 1.54) is 4.68 Å². The first kappa shape index (κ1) is 11.3. The molecule has 0 N–H and O–H groups in total. The van der Waals surface area contributed by atoms with Crippen molar-refractivity contribution in [2.75, 3.05) is 0 Å². The van der Waals surface area contributed by atoms with Crippen LogP contribution in [0, 0.1) is 3.57 Å². The van der Waals surface area contributed by atoms with E-state index in [1.807, 2.05) is 17.8 Å². The summed E-state index contributed by atoms with van der Waals surface area (Å²) in [5.41, 5.74) is 0.897. The molecule has 0 amide bonds. The smallest absolute Gasteiger partial charge is 0.268 e. The average Bonchev–Trinajstić information content (AvgIpc) is 2.70. The van der Waals surface area contributed by atoms with E-state index in [1.54, 1.807) is 18.5 Å². The van der Waals surface area contributed by atoms with Gasteiger partial charge in [0.2, 0.25) is 0 Å². The lowest BCUT2D eigenvalue weighted by atomic mass is 10.3. The summed E-state index contributed by atoms with van der Waals surface area (Å²) >= 11 is 2.07. The van der Waals surface area contributed by atoms with Gasteiger partial charge in [0, 0.05) is 27.9 Å². The van der Waals surface area contributed by atoms with E-state index in [-0.39, 0.29) is 5.56 Å². The Kier molecular flexibility index (Phi) is 3.37. The Bertz CT molecular complexity index is 546. The van der Waals surface area contributed by atoms with Crippen LogP contribution >= 0.6 is 22.6 Å². The quantitative estimate of drug-likeness (QED) is 0.793. The van der Waals surface area contributed by atoms with E-state index < -0.39 is 0 Å². The van der Waals surface area contributed by atoms with Crippen LogP contribution in [0.1, 0.15) is 12.5 Å². The molecule has 0 aliphatic heterocycles. The van der Waals surface area contributed by atoms with E-state index in [9.17, 15) is 4.79 Å². The fraction of sp³-hybridized carbons (Fsp3) is 0.300. The molecule has 0 aliphatic carbocycles. The molecule has 2 rings (SSSR count). The molecule has 0 spiro atoms. The third-order valence-electron chi connectivity index (χ3n) is 2.18. The molecular weight excluding hydrogens is 319 g/mol. The highest BCUT2D eigenvalue weighted by Gasteiger charge is 2.02. The summed E-state index contributed by atoms with van der Waals surface area (Å²) in [6.07, 6.45) is 5.36. The van der Waals surface area contributed by atoms with Gasteiger partial charge in [-0.25, -0.2) is 4.68 Å². The van der Waals surface area contributed by atoms with Crippen molar-refractivity contribution in [3.63, 3.8) is 0 Å². The second kappa shape index (κ2) is 4.77. The van der Waals surface area contributed by atoms with Crippen molar-refractivity contribution in [1.82, 2.24) is 19.6 Å². The molecule has 6 heteroatoms. The third-order valence-corrected chi connectivity index (χ3v) is 2.77. The van der Waals surface area contributed by atoms with Gasteiger partial charge in [-0.05, 0) is 29.5 Å². The first-order valence-corrected chi connectivity index (χ1v) is 6.01. The summed E-state index contributed by atoms with van der Waals surface area (Å²) in [6.45, 7) is 3.32. The summed E-state index contributed by atoms with van der Waals surface area (Å²) in [6, 6.07) is 1.57. The van der Waals surface area contributed by atoms with E-state index in [0.717, 1.165) is 15.7 Å². The Labute approximate surface area is 106 Å². The predicted octanol–water partition coefficient (Wildman–Crippen LogP) is 1.11. The zero-order valence-electron chi connectivity index (χ0n) is 8.80. The van der Waals surface area contributed by atoms with Crippen molar-refractivity contribution >= 4 is 22.6 Å². The van der Waals surface area contributed by atoms with Gasteiger partial charge in [0.25, 0.3) is 5.56 Å². The van der Waals surface area contributed by atoms with Crippen molar-refractivity contribution in [2.24, 2.45) is 0 Å². The maximum absolute atomic E-state index is 11.6. The molecule has 0 fully saturated rings. The fourth-order valence-corrected chi connectivity index (χ4v) is 1.76. The van der Waals surface area contributed by atoms with Gasteiger partial charge in [0.15, 0.2) is 0 Å². The largest absolute Gasteiger partial charge is 0.273 e. The van der Waals surface area contributed by atoms with Crippen molar-refractivity contribution in [3.8, 4) is 0 Å². The fourth-order valence-electron chi connectivity index (χ4n) is 1.36. The molecule has 0 bridgehead atoms. The van der Waals surface area contributed by atoms with Crippen LogP contribution in [0.5, 0.6) is 0 Å². The monoisotopic (exact) mass is 330 g/mol. The Balaban J connectivity index is 2.23. The number of rotatable bonds is 3. The number of aromatic nitrogens is 4. The Morgan fingerprint density at radius 1 is 1.38 bits per heavy atom. The minimum Gasteiger partial charge on any atom is -0.273 e. The Hall–Kier alpha value is -1.18. The molecule has 5 nitrogen and oxygen atoms in total. The summed E-state index contributed by atoms with van der Waals surface area (Å²) in [4.78, 5) is 11.6. The van der Waals surface area contributed by atoms with Gasteiger partial charge >= 0.3 is 0 Å². The molecular formula is C10H11IN4O. The molecule has 2 aromatic rings. The summed E-state index contributed by atoms with van der Waals surface area (Å²) in [7, 11) is 0. The molecule has 2 heterocycles. The minimum atomic E-state index is -0.0869. The molecule has 0 radical (unpaired) electrons. The van der Waals surface area contributed by atoms with Crippen LogP contribution in [0.2, 0.25) is 0 Å². The highest BCUT2D eigenvalue weighted by atomic mass is 127. The molecule has 0 aliphatic rings. The van der Waals surface area contributed by atoms with E-state index >= 15 is 0 Å². The van der Waals surface area contributed by atoms with Crippen LogP contribution in [0.25, 0.3) is 0 Å². The molecule has 0 saturated carbocycles. The summed E-state index contributed by atoms with van der Waals surface area (Å²) in [5.74, 6) is 0. The van der Waals surface area contributed by atoms with E-state index in [4.69, 9.17) is 0 Å². The van der Waals surface area contributed by atoms with Crippen LogP contribution in [0.15, 0.2) is 29.5 Å². The molecule has 2 aromatic heterocycles. The van der Waals surface area contributed by atoms with Gasteiger partial charge in [-0.1, -0.05) is 0 Å². The number of nitrogens with zero attached hydrogens (tertiary/aromatic N) is 4. The SMILES string of the molecule is CCn1cc(Cn2ncc(I)cc2=O)cn1. The lowest BCUT2D eigenvalue weighted by Crippen LogP contribution is -2.22. The zero-order chi connectivity index (χ0) is 11.5. The topological polar surface area (TPSA) is 52.7 Å². The summed E-state index contributed by atoms with van der Waals surface area (Å²) < 4.78 is 4.11. The number of aryl methyl sites for hydroxylation is 1. The Morgan fingerprint density at radius 2 is 2.19 bits per heavy atom. The summed E-state index contributed by atoms with van der Waals surface area (Å²) in [5, 5.41) is 8.22. The maximum atomic E-state index is 11.6. The predicted molar refractivity (Wildman–Crippen MR) is 68.2 cm³/mol. The van der Waals surface area contributed by atoms with Crippen LogP contribution < -0.4 is 5.56 Å². The van der Waals surface area contributed by atoms with Crippen LogP contribution in [-0.2, 0) is 13.1 Å². The number of hydrogen-bond acceptors (Lipinski definition) is 3. The van der Waals surface area contributed by atoms with Gasteiger partial charge in [0.05, 0.1) is 18.9 Å². The standard InChI is InChI=1S/C10H11IN4O/c1-2-14-6-8(4-12-14)7-15-10(16)3-9(11)5-13-15/h3-6H,2,7H2,1H3. The minimum absolute atomic E-state index is 0.0869. The maximum Gasteiger partial charge on any atom is 0.268 e. The van der Waals surface area contributed by atoms with Crippen molar-refractivity contribution in [3.05, 3.63) is 44.1 Å². The van der Waals surface area contributed by atoms with E-state index in [2.05, 4.69) is 32.8 Å². The van der Waals surface area contributed by atoms with Gasteiger partial charge < -0.3 is 0 Å². The van der Waals surface area contributed by atoms with Crippen molar-refractivity contribution in [2.45, 2.75) is 20.0 Å². The normalized spacial score (nSPS) is 10.6.